The second-order valence-electron chi connectivity index (χ2n) is 11.0. The van der Waals surface area contributed by atoms with Gasteiger partial charge in [0.2, 0.25) is 11.6 Å². The van der Waals surface area contributed by atoms with Crippen LogP contribution in [0.4, 0.5) is 11.4 Å². The van der Waals surface area contributed by atoms with Crippen LogP contribution in [0.1, 0.15) is 19.3 Å². The monoisotopic (exact) mass is 724 g/mol. The van der Waals surface area contributed by atoms with Crippen molar-refractivity contribution in [1.82, 2.24) is 9.97 Å². The van der Waals surface area contributed by atoms with Crippen LogP contribution in [-0.2, 0) is 0 Å². The quantitative estimate of drug-likeness (QED) is 0.0791. The van der Waals surface area contributed by atoms with Crippen LogP contribution in [0, 0.1) is 0 Å². The lowest BCUT2D eigenvalue weighted by Crippen LogP contribution is -2.11. The van der Waals surface area contributed by atoms with E-state index in [0.29, 0.717) is 21.1 Å². The number of ketones is 2. The molecule has 0 unspecified atom stereocenters. The van der Waals surface area contributed by atoms with Crippen molar-refractivity contribution in [2.24, 2.45) is 0 Å². The predicted molar refractivity (Wildman–Crippen MR) is 214 cm³/mol. The van der Waals surface area contributed by atoms with Crippen molar-refractivity contribution in [2.45, 2.75) is 0 Å². The van der Waals surface area contributed by atoms with Crippen LogP contribution in [0.25, 0.3) is 53.7 Å². The van der Waals surface area contributed by atoms with Crippen molar-refractivity contribution in [1.29, 1.82) is 0 Å². The largest absolute Gasteiger partial charge is 0.397 e. The molecule has 9 rings (SSSR count). The van der Waals surface area contributed by atoms with E-state index < -0.39 is 11.6 Å². The van der Waals surface area contributed by atoms with Gasteiger partial charge in [-0.05, 0) is 91.6 Å². The number of nitrogens with two attached hydrogens (primary N) is 2. The van der Waals surface area contributed by atoms with E-state index in [-0.39, 0.29) is 0 Å². The van der Waals surface area contributed by atoms with Gasteiger partial charge in [0, 0.05) is 0 Å². The number of thiophene rings is 4. The van der Waals surface area contributed by atoms with E-state index in [9.17, 15) is 9.59 Å². The molecule has 0 saturated heterocycles. The summed E-state index contributed by atoms with van der Waals surface area (Å²) in [6.07, 6.45) is 0. The van der Waals surface area contributed by atoms with Crippen LogP contribution in [0.5, 0.6) is 0 Å². The van der Waals surface area contributed by atoms with Crippen molar-refractivity contribution in [3.8, 4) is 21.1 Å². The van der Waals surface area contributed by atoms with E-state index in [1.165, 1.54) is 33.4 Å². The first-order valence-electron chi connectivity index (χ1n) is 15.4. The van der Waals surface area contributed by atoms with Crippen LogP contribution in [0.3, 0.4) is 0 Å². The summed E-state index contributed by atoms with van der Waals surface area (Å²) in [7, 11) is 0. The number of aromatic nitrogens is 2. The van der Waals surface area contributed by atoms with Gasteiger partial charge in [-0.1, -0.05) is 72.8 Å². The molecule has 0 aliphatic heterocycles. The Hall–Kier alpha value is -5.52. The topological polar surface area (TPSA) is 112 Å². The lowest BCUT2D eigenvalue weighted by molar-refractivity contribution is 0.0821. The zero-order valence-corrected chi connectivity index (χ0v) is 29.6. The number of carbonyl (C=O) groups excluding carboxylic acids is 2. The molecule has 0 fully saturated rings. The van der Waals surface area contributed by atoms with Crippen LogP contribution in [-0.4, -0.2) is 21.5 Å². The van der Waals surface area contributed by atoms with Gasteiger partial charge in [-0.15, -0.1) is 45.3 Å². The number of anilines is 2. The minimum Gasteiger partial charge on any atom is -0.397 e. The van der Waals surface area contributed by atoms with Gasteiger partial charge in [0.1, 0.15) is 11.4 Å². The number of hydrogen-bond donors (Lipinski definition) is 2. The molecule has 0 spiro atoms. The van der Waals surface area contributed by atoms with Crippen molar-refractivity contribution < 1.29 is 9.59 Å². The maximum atomic E-state index is 11.6. The van der Waals surface area contributed by atoms with E-state index in [2.05, 4.69) is 71.4 Å². The highest BCUT2D eigenvalue weighted by molar-refractivity contribution is 7.15. The maximum Gasteiger partial charge on any atom is 0.244 e. The molecule has 4 N–H and O–H groups in total. The molecule has 50 heavy (non-hydrogen) atoms. The molecule has 10 heteroatoms. The van der Waals surface area contributed by atoms with Crippen molar-refractivity contribution in [3.63, 3.8) is 0 Å². The molecule has 0 aliphatic carbocycles. The van der Waals surface area contributed by atoms with Crippen molar-refractivity contribution >= 4 is 101 Å². The molecule has 0 radical (unpaired) electrons. The van der Waals surface area contributed by atoms with E-state index in [1.54, 1.807) is 57.7 Å². The fraction of sp³-hybridized carbons (Fsp3) is 0. The molecule has 244 valence electrons. The standard InChI is InChI=1S/C20H12N2S2.C10H10N2.C10H6O2S2/c1-2-6-14-12-16-15(11-13(14)5-1)21-19(17-7-3-9-23-17)20(22-16)18-8-4-10-24-18;11-9-5-7-3-1-2-4-8(7)6-10(9)12;11-9(7-3-1-5-13-7)10(12)8-4-2-6-14-8/h1-12H;1-6H,11-12H2;1-6H. The molecule has 6 nitrogen and oxygen atoms in total. The summed E-state index contributed by atoms with van der Waals surface area (Å²) < 4.78 is 0. The fourth-order valence-corrected chi connectivity index (χ4v) is 7.98. The molecule has 0 atom stereocenters. The Morgan fingerprint density at radius 1 is 0.440 bits per heavy atom. The third-order valence-electron chi connectivity index (χ3n) is 7.69. The minimum absolute atomic E-state index is 0.414. The summed E-state index contributed by atoms with van der Waals surface area (Å²) in [6, 6.07) is 39.6. The number of Topliss-reactive ketones (excluding diaryl/α,β-unsaturated/α-hetero) is 2. The lowest BCUT2D eigenvalue weighted by atomic mass is 10.1. The number of nitrogen functional groups attached to an aromatic ring is 2. The van der Waals surface area contributed by atoms with E-state index in [4.69, 9.17) is 21.4 Å². The molecule has 0 saturated carbocycles. The first-order valence-corrected chi connectivity index (χ1v) is 18.9. The van der Waals surface area contributed by atoms with Gasteiger partial charge in [0.15, 0.2) is 0 Å². The summed E-state index contributed by atoms with van der Waals surface area (Å²) >= 11 is 5.99. The van der Waals surface area contributed by atoms with E-state index in [0.717, 1.165) is 42.9 Å². The highest BCUT2D eigenvalue weighted by Crippen LogP contribution is 2.36. The number of carbonyl (C=O) groups is 2. The Bertz CT molecular complexity index is 2370. The number of fused-ring (bicyclic) bond motifs is 3. The Morgan fingerprint density at radius 3 is 1.14 bits per heavy atom. The second-order valence-corrected chi connectivity index (χ2v) is 14.8. The average Bonchev–Trinajstić information content (AvgIpc) is 3.99. The van der Waals surface area contributed by atoms with Crippen molar-refractivity contribution in [3.05, 3.63) is 153 Å². The Morgan fingerprint density at radius 2 is 0.800 bits per heavy atom. The molecule has 0 amide bonds. The SMILES string of the molecule is Nc1cc2ccccc2cc1N.O=C(C(=O)c1cccs1)c1cccs1.c1csc(-c2nc3cc4ccccc4cc3nc2-c2cccs2)c1. The van der Waals surface area contributed by atoms with Gasteiger partial charge in [-0.2, -0.15) is 0 Å². The molecule has 5 aromatic heterocycles. The van der Waals surface area contributed by atoms with Crippen molar-refractivity contribution in [2.75, 3.05) is 11.5 Å². The highest BCUT2D eigenvalue weighted by Gasteiger charge is 2.19. The maximum absolute atomic E-state index is 11.6. The number of hydrogen-bond acceptors (Lipinski definition) is 10. The first-order chi connectivity index (χ1) is 24.4. The first kappa shape index (κ1) is 33.0. The average molecular weight is 725 g/mol. The van der Waals surface area contributed by atoms with Gasteiger partial charge >= 0.3 is 0 Å². The smallest absolute Gasteiger partial charge is 0.244 e. The Labute approximate surface area is 304 Å². The van der Waals surface area contributed by atoms with E-state index >= 15 is 0 Å². The third kappa shape index (κ3) is 7.24. The van der Waals surface area contributed by atoms with E-state index in [1.807, 2.05) is 36.4 Å². The zero-order chi connectivity index (χ0) is 34.5. The number of rotatable bonds is 5. The van der Waals surface area contributed by atoms with Gasteiger partial charge in [0.05, 0.1) is 41.9 Å². The molecular weight excluding hydrogens is 697 g/mol. The van der Waals surface area contributed by atoms with Gasteiger partial charge in [-0.3, -0.25) is 9.59 Å². The zero-order valence-electron chi connectivity index (χ0n) is 26.4. The second kappa shape index (κ2) is 14.9. The Kier molecular flexibility index (Phi) is 9.86. The summed E-state index contributed by atoms with van der Waals surface area (Å²) in [4.78, 5) is 36.4. The number of nitrogens with zero attached hydrogens (tertiary/aromatic N) is 2. The normalized spacial score (nSPS) is 10.7. The molecule has 0 bridgehead atoms. The molecule has 0 aliphatic rings. The predicted octanol–water partition coefficient (Wildman–Crippen LogP) is 11.1. The van der Waals surface area contributed by atoms with Gasteiger partial charge in [0.25, 0.3) is 0 Å². The third-order valence-corrected chi connectivity index (χ3v) is 11.2. The summed E-state index contributed by atoms with van der Waals surface area (Å²) in [6.45, 7) is 0. The van der Waals surface area contributed by atoms with Crippen LogP contribution in [0.15, 0.2) is 143 Å². The summed E-state index contributed by atoms with van der Waals surface area (Å²) in [5, 5.41) is 12.4. The van der Waals surface area contributed by atoms with Crippen LogP contribution < -0.4 is 11.5 Å². The fourth-order valence-electron chi connectivity index (χ4n) is 5.23. The molecule has 9 aromatic rings. The highest BCUT2D eigenvalue weighted by atomic mass is 32.1. The van der Waals surface area contributed by atoms with Gasteiger partial charge < -0.3 is 11.5 Å². The molecular formula is C40H28N4O2S4. The minimum atomic E-state index is -0.414. The Balaban J connectivity index is 0.000000128. The summed E-state index contributed by atoms with van der Waals surface area (Å²) in [5.41, 5.74) is 16.4. The molecule has 5 heterocycles. The summed E-state index contributed by atoms with van der Waals surface area (Å²) in [5.74, 6) is -0.829. The molecule has 4 aromatic carbocycles. The van der Waals surface area contributed by atoms with Crippen LogP contribution in [0.2, 0.25) is 0 Å². The van der Waals surface area contributed by atoms with Crippen LogP contribution >= 0.6 is 45.3 Å². The van der Waals surface area contributed by atoms with Gasteiger partial charge in [-0.25, -0.2) is 9.97 Å². The number of benzene rings is 4. The lowest BCUT2D eigenvalue weighted by Gasteiger charge is -2.08.